The van der Waals surface area contributed by atoms with Crippen molar-refractivity contribution in [3.63, 3.8) is 0 Å². The number of hydrogen-bond donors (Lipinski definition) is 2. The molecule has 16 heavy (non-hydrogen) atoms. The highest BCUT2D eigenvalue weighted by molar-refractivity contribution is 7.91. The number of nitrogens with one attached hydrogen (secondary N) is 1. The number of aliphatic hydroxyl groups excluding tert-OH is 1. The SMILES string of the molecule is CC[C@H](CO)NC(=O)CC1CCS(=O)(=O)C1. The predicted octanol–water partition coefficient (Wildman–Crippen LogP) is -0.302. The van der Waals surface area contributed by atoms with Crippen molar-refractivity contribution in [2.75, 3.05) is 18.1 Å². The Kier molecular flexibility index (Phi) is 4.73. The molecule has 1 fully saturated rings. The minimum absolute atomic E-state index is 0.0544. The molecule has 0 aromatic carbocycles. The Morgan fingerprint density at radius 2 is 2.25 bits per heavy atom. The molecular weight excluding hydrogens is 230 g/mol. The molecule has 0 saturated carbocycles. The molecule has 0 aromatic rings. The van der Waals surface area contributed by atoms with E-state index in [0.717, 1.165) is 0 Å². The molecule has 1 amide bonds. The average Bonchev–Trinajstić information content (AvgIpc) is 2.54. The summed E-state index contributed by atoms with van der Waals surface area (Å²) in [5.41, 5.74) is 0. The molecule has 5 nitrogen and oxygen atoms in total. The van der Waals surface area contributed by atoms with Gasteiger partial charge >= 0.3 is 0 Å². The van der Waals surface area contributed by atoms with E-state index in [1.54, 1.807) is 0 Å². The van der Waals surface area contributed by atoms with Crippen LogP contribution in [0.15, 0.2) is 0 Å². The van der Waals surface area contributed by atoms with Gasteiger partial charge in [0.25, 0.3) is 0 Å². The zero-order valence-electron chi connectivity index (χ0n) is 9.48. The Balaban J connectivity index is 2.35. The molecule has 0 aliphatic carbocycles. The maximum atomic E-state index is 11.5. The van der Waals surface area contributed by atoms with E-state index < -0.39 is 9.84 Å². The molecule has 0 spiro atoms. The Bertz CT molecular complexity index is 335. The molecule has 1 rings (SSSR count). The van der Waals surface area contributed by atoms with Crippen LogP contribution in [0.25, 0.3) is 0 Å². The Morgan fingerprint density at radius 3 is 2.69 bits per heavy atom. The van der Waals surface area contributed by atoms with Crippen molar-refractivity contribution in [3.8, 4) is 0 Å². The normalized spacial score (nSPS) is 25.2. The third-order valence-corrected chi connectivity index (χ3v) is 4.72. The highest BCUT2D eigenvalue weighted by atomic mass is 32.2. The molecule has 1 aliphatic heterocycles. The summed E-state index contributed by atoms with van der Waals surface area (Å²) in [7, 11) is -2.91. The van der Waals surface area contributed by atoms with E-state index in [4.69, 9.17) is 5.11 Å². The van der Waals surface area contributed by atoms with Gasteiger partial charge in [-0.1, -0.05) is 6.92 Å². The molecular formula is C10H19NO4S. The third-order valence-electron chi connectivity index (χ3n) is 2.88. The number of carbonyl (C=O) groups excluding carboxylic acids is 1. The molecule has 1 unspecified atom stereocenters. The van der Waals surface area contributed by atoms with Crippen LogP contribution in [-0.4, -0.2) is 43.6 Å². The van der Waals surface area contributed by atoms with Gasteiger partial charge in [-0.05, 0) is 18.8 Å². The van der Waals surface area contributed by atoms with Crippen LogP contribution < -0.4 is 5.32 Å². The minimum Gasteiger partial charge on any atom is -0.394 e. The van der Waals surface area contributed by atoms with Crippen molar-refractivity contribution in [1.82, 2.24) is 5.32 Å². The number of amides is 1. The topological polar surface area (TPSA) is 83.5 Å². The van der Waals surface area contributed by atoms with E-state index in [1.165, 1.54) is 0 Å². The first-order valence-corrected chi connectivity index (χ1v) is 7.39. The summed E-state index contributed by atoms with van der Waals surface area (Å²) in [6.45, 7) is 1.80. The number of aliphatic hydroxyl groups is 1. The Labute approximate surface area is 96.1 Å². The number of carbonyl (C=O) groups is 1. The van der Waals surface area contributed by atoms with Crippen LogP contribution in [0.3, 0.4) is 0 Å². The minimum atomic E-state index is -2.91. The van der Waals surface area contributed by atoms with Crippen molar-refractivity contribution < 1.29 is 18.3 Å². The second-order valence-electron chi connectivity index (χ2n) is 4.33. The first-order valence-electron chi connectivity index (χ1n) is 5.57. The van der Waals surface area contributed by atoms with Crippen molar-refractivity contribution in [1.29, 1.82) is 0 Å². The van der Waals surface area contributed by atoms with Gasteiger partial charge in [-0.3, -0.25) is 4.79 Å². The summed E-state index contributed by atoms with van der Waals surface area (Å²) in [4.78, 5) is 11.5. The summed E-state index contributed by atoms with van der Waals surface area (Å²) in [6.07, 6.45) is 1.49. The second-order valence-corrected chi connectivity index (χ2v) is 6.56. The highest BCUT2D eigenvalue weighted by Gasteiger charge is 2.29. The van der Waals surface area contributed by atoms with Gasteiger partial charge in [-0.25, -0.2) is 8.42 Å². The van der Waals surface area contributed by atoms with E-state index in [1.807, 2.05) is 6.92 Å². The van der Waals surface area contributed by atoms with Crippen molar-refractivity contribution >= 4 is 15.7 Å². The first-order chi connectivity index (χ1) is 7.46. The van der Waals surface area contributed by atoms with E-state index >= 15 is 0 Å². The first kappa shape index (κ1) is 13.4. The standard InChI is InChI=1S/C10H19NO4S/c1-2-9(6-12)11-10(13)5-8-3-4-16(14,15)7-8/h8-9,12H,2-7H2,1H3,(H,11,13)/t8?,9-/m1/s1. The maximum absolute atomic E-state index is 11.5. The van der Waals surface area contributed by atoms with Crippen LogP contribution >= 0.6 is 0 Å². The van der Waals surface area contributed by atoms with Gasteiger partial charge in [0.1, 0.15) is 0 Å². The molecule has 0 aromatic heterocycles. The monoisotopic (exact) mass is 249 g/mol. The van der Waals surface area contributed by atoms with Crippen molar-refractivity contribution in [3.05, 3.63) is 0 Å². The van der Waals surface area contributed by atoms with Gasteiger partial charge in [0.15, 0.2) is 9.84 Å². The predicted molar refractivity (Wildman–Crippen MR) is 60.7 cm³/mol. The molecule has 0 bridgehead atoms. The summed E-state index contributed by atoms with van der Waals surface area (Å²) in [5, 5.41) is 11.6. The Morgan fingerprint density at radius 1 is 1.56 bits per heavy atom. The van der Waals surface area contributed by atoms with Gasteiger partial charge in [0, 0.05) is 6.42 Å². The average molecular weight is 249 g/mol. The smallest absolute Gasteiger partial charge is 0.220 e. The summed E-state index contributed by atoms with van der Waals surface area (Å²) in [6, 6.07) is -0.217. The largest absolute Gasteiger partial charge is 0.394 e. The van der Waals surface area contributed by atoms with Crippen LogP contribution in [0.1, 0.15) is 26.2 Å². The number of hydrogen-bond acceptors (Lipinski definition) is 4. The lowest BCUT2D eigenvalue weighted by atomic mass is 10.0. The van der Waals surface area contributed by atoms with E-state index in [2.05, 4.69) is 5.32 Å². The molecule has 2 N–H and O–H groups in total. The molecule has 2 atom stereocenters. The lowest BCUT2D eigenvalue weighted by Gasteiger charge is -2.15. The number of rotatable bonds is 5. The van der Waals surface area contributed by atoms with Gasteiger partial charge < -0.3 is 10.4 Å². The number of sulfone groups is 1. The van der Waals surface area contributed by atoms with Gasteiger partial charge in [-0.15, -0.1) is 0 Å². The lowest BCUT2D eigenvalue weighted by Crippen LogP contribution is -2.37. The van der Waals surface area contributed by atoms with Gasteiger partial charge in [0.2, 0.25) is 5.91 Å². The van der Waals surface area contributed by atoms with Crippen molar-refractivity contribution in [2.45, 2.75) is 32.2 Å². The zero-order valence-corrected chi connectivity index (χ0v) is 10.3. The van der Waals surface area contributed by atoms with Gasteiger partial charge in [-0.2, -0.15) is 0 Å². The summed E-state index contributed by atoms with van der Waals surface area (Å²) >= 11 is 0. The molecule has 0 radical (unpaired) electrons. The van der Waals surface area contributed by atoms with Crippen LogP contribution in [0.4, 0.5) is 0 Å². The molecule has 1 saturated heterocycles. The fourth-order valence-corrected chi connectivity index (χ4v) is 3.72. The Hall–Kier alpha value is -0.620. The van der Waals surface area contributed by atoms with Gasteiger partial charge in [0.05, 0.1) is 24.2 Å². The lowest BCUT2D eigenvalue weighted by molar-refractivity contribution is -0.122. The molecule has 1 aliphatic rings. The molecule has 6 heteroatoms. The second kappa shape index (κ2) is 5.63. The summed E-state index contributed by atoms with van der Waals surface area (Å²) in [5.74, 6) is 0.0996. The van der Waals surface area contributed by atoms with Crippen LogP contribution in [0, 0.1) is 5.92 Å². The maximum Gasteiger partial charge on any atom is 0.220 e. The molecule has 1 heterocycles. The van der Waals surface area contributed by atoms with Crippen LogP contribution in [0.5, 0.6) is 0 Å². The fraction of sp³-hybridized carbons (Fsp3) is 0.900. The molecule has 94 valence electrons. The quantitative estimate of drug-likeness (QED) is 0.700. The highest BCUT2D eigenvalue weighted by Crippen LogP contribution is 2.21. The van der Waals surface area contributed by atoms with E-state index in [9.17, 15) is 13.2 Å². The van der Waals surface area contributed by atoms with Crippen LogP contribution in [0.2, 0.25) is 0 Å². The fourth-order valence-electron chi connectivity index (χ4n) is 1.86. The summed E-state index contributed by atoms with van der Waals surface area (Å²) < 4.78 is 22.4. The van der Waals surface area contributed by atoms with Crippen LogP contribution in [-0.2, 0) is 14.6 Å². The third kappa shape index (κ3) is 4.09. The van der Waals surface area contributed by atoms with E-state index in [-0.39, 0.29) is 42.4 Å². The van der Waals surface area contributed by atoms with Crippen molar-refractivity contribution in [2.24, 2.45) is 5.92 Å². The zero-order chi connectivity index (χ0) is 12.2. The van der Waals surface area contributed by atoms with E-state index in [0.29, 0.717) is 12.8 Å².